The van der Waals surface area contributed by atoms with Crippen LogP contribution in [0.1, 0.15) is 29.8 Å². The van der Waals surface area contributed by atoms with Crippen LogP contribution in [0.2, 0.25) is 0 Å². The molecule has 0 radical (unpaired) electrons. The van der Waals surface area contributed by atoms with E-state index in [-0.39, 0.29) is 5.97 Å². The molecule has 1 aliphatic heterocycles. The molecular formula is C13H17NO2. The van der Waals surface area contributed by atoms with Crippen LogP contribution in [0.15, 0.2) is 18.2 Å². The molecule has 2 rings (SSSR count). The summed E-state index contributed by atoms with van der Waals surface area (Å²) in [6.45, 7) is 5.45. The number of rotatable bonds is 2. The normalized spacial score (nSPS) is 18.5. The van der Waals surface area contributed by atoms with Crippen molar-refractivity contribution >= 4 is 11.7 Å². The first-order valence-electron chi connectivity index (χ1n) is 5.74. The van der Waals surface area contributed by atoms with Gasteiger partial charge >= 0.3 is 5.97 Å². The van der Waals surface area contributed by atoms with Gasteiger partial charge in [-0.1, -0.05) is 6.92 Å². The van der Waals surface area contributed by atoms with Gasteiger partial charge in [0.1, 0.15) is 0 Å². The highest BCUT2D eigenvalue weighted by atomic mass is 16.5. The van der Waals surface area contributed by atoms with E-state index in [4.69, 9.17) is 4.74 Å². The van der Waals surface area contributed by atoms with Crippen molar-refractivity contribution in [3.05, 3.63) is 29.3 Å². The van der Waals surface area contributed by atoms with E-state index >= 15 is 0 Å². The third kappa shape index (κ3) is 2.18. The number of benzene rings is 1. The lowest BCUT2D eigenvalue weighted by atomic mass is 9.94. The van der Waals surface area contributed by atoms with Crippen molar-refractivity contribution in [2.24, 2.45) is 5.92 Å². The highest BCUT2D eigenvalue weighted by molar-refractivity contribution is 5.90. The van der Waals surface area contributed by atoms with E-state index in [1.807, 2.05) is 25.1 Å². The summed E-state index contributed by atoms with van der Waals surface area (Å²) in [6.07, 6.45) is 1.02. The van der Waals surface area contributed by atoms with Gasteiger partial charge in [0, 0.05) is 12.2 Å². The first kappa shape index (κ1) is 11.0. The second-order valence-electron chi connectivity index (χ2n) is 4.28. The van der Waals surface area contributed by atoms with Gasteiger partial charge in [-0.3, -0.25) is 0 Å². The van der Waals surface area contributed by atoms with E-state index < -0.39 is 0 Å². The number of carbonyl (C=O) groups excluding carboxylic acids is 1. The Morgan fingerprint density at radius 2 is 2.38 bits per heavy atom. The van der Waals surface area contributed by atoms with E-state index in [1.165, 1.54) is 5.56 Å². The third-order valence-electron chi connectivity index (χ3n) is 2.83. The summed E-state index contributed by atoms with van der Waals surface area (Å²) in [6, 6.07) is 5.73. The SMILES string of the molecule is CCOC(=O)c1ccc2c(c1)CC(C)CN2. The van der Waals surface area contributed by atoms with E-state index in [1.54, 1.807) is 0 Å². The molecule has 1 atom stereocenters. The van der Waals surface area contributed by atoms with Crippen LogP contribution in [-0.2, 0) is 11.2 Å². The Hall–Kier alpha value is -1.51. The zero-order valence-corrected chi connectivity index (χ0v) is 9.75. The third-order valence-corrected chi connectivity index (χ3v) is 2.83. The largest absolute Gasteiger partial charge is 0.462 e. The maximum Gasteiger partial charge on any atom is 0.338 e. The number of anilines is 1. The van der Waals surface area contributed by atoms with Crippen molar-refractivity contribution in [2.45, 2.75) is 20.3 Å². The second-order valence-corrected chi connectivity index (χ2v) is 4.28. The molecule has 0 amide bonds. The van der Waals surface area contributed by atoms with Gasteiger partial charge in [-0.05, 0) is 43.0 Å². The van der Waals surface area contributed by atoms with Crippen LogP contribution >= 0.6 is 0 Å². The van der Waals surface area contributed by atoms with Crippen LogP contribution in [0, 0.1) is 5.92 Å². The smallest absolute Gasteiger partial charge is 0.338 e. The average Bonchev–Trinajstić information content (AvgIpc) is 2.28. The molecule has 86 valence electrons. The average molecular weight is 219 g/mol. The first-order chi connectivity index (χ1) is 7.70. The minimum atomic E-state index is -0.233. The van der Waals surface area contributed by atoms with Gasteiger partial charge in [0.25, 0.3) is 0 Å². The zero-order valence-electron chi connectivity index (χ0n) is 9.75. The Bertz CT molecular complexity index is 401. The number of fused-ring (bicyclic) bond motifs is 1. The molecule has 1 aromatic rings. The minimum Gasteiger partial charge on any atom is -0.462 e. The van der Waals surface area contributed by atoms with Crippen molar-refractivity contribution in [3.63, 3.8) is 0 Å². The van der Waals surface area contributed by atoms with Crippen LogP contribution in [-0.4, -0.2) is 19.1 Å². The highest BCUT2D eigenvalue weighted by Crippen LogP contribution is 2.25. The van der Waals surface area contributed by atoms with Crippen LogP contribution in [0.3, 0.4) is 0 Å². The predicted octanol–water partition coefficient (Wildman–Crippen LogP) is 2.47. The van der Waals surface area contributed by atoms with Crippen molar-refractivity contribution in [1.29, 1.82) is 0 Å². The molecule has 1 N–H and O–H groups in total. The Morgan fingerprint density at radius 3 is 3.12 bits per heavy atom. The Kier molecular flexibility index (Phi) is 3.13. The van der Waals surface area contributed by atoms with Crippen LogP contribution < -0.4 is 5.32 Å². The van der Waals surface area contributed by atoms with Crippen molar-refractivity contribution < 1.29 is 9.53 Å². The molecule has 0 aromatic heterocycles. The molecule has 1 aliphatic rings. The number of hydrogen-bond donors (Lipinski definition) is 1. The molecule has 3 nitrogen and oxygen atoms in total. The number of ether oxygens (including phenoxy) is 1. The maximum atomic E-state index is 11.6. The number of carbonyl (C=O) groups is 1. The van der Waals surface area contributed by atoms with Gasteiger partial charge in [-0.25, -0.2) is 4.79 Å². The van der Waals surface area contributed by atoms with Crippen molar-refractivity contribution in [2.75, 3.05) is 18.5 Å². The summed E-state index contributed by atoms with van der Waals surface area (Å²) in [5.74, 6) is 0.383. The van der Waals surface area contributed by atoms with Gasteiger partial charge in [-0.2, -0.15) is 0 Å². The Labute approximate surface area is 95.8 Å². The molecule has 1 unspecified atom stereocenters. The lowest BCUT2D eigenvalue weighted by Crippen LogP contribution is -2.21. The topological polar surface area (TPSA) is 38.3 Å². The van der Waals surface area contributed by atoms with Crippen LogP contribution in [0.4, 0.5) is 5.69 Å². The minimum absolute atomic E-state index is 0.233. The molecular weight excluding hydrogens is 202 g/mol. The summed E-state index contributed by atoms with van der Waals surface area (Å²) >= 11 is 0. The van der Waals surface area contributed by atoms with Crippen LogP contribution in [0.5, 0.6) is 0 Å². The fourth-order valence-electron chi connectivity index (χ4n) is 2.01. The summed E-state index contributed by atoms with van der Waals surface area (Å²) < 4.78 is 4.99. The number of hydrogen-bond acceptors (Lipinski definition) is 3. The lowest BCUT2D eigenvalue weighted by molar-refractivity contribution is 0.0526. The molecule has 16 heavy (non-hydrogen) atoms. The van der Waals surface area contributed by atoms with Gasteiger partial charge in [0.05, 0.1) is 12.2 Å². The summed E-state index contributed by atoms with van der Waals surface area (Å²) in [7, 11) is 0. The Morgan fingerprint density at radius 1 is 1.56 bits per heavy atom. The number of esters is 1. The van der Waals surface area contributed by atoms with E-state index in [2.05, 4.69) is 12.2 Å². The quantitative estimate of drug-likeness (QED) is 0.776. The molecule has 1 heterocycles. The summed E-state index contributed by atoms with van der Waals surface area (Å²) in [4.78, 5) is 11.6. The highest BCUT2D eigenvalue weighted by Gasteiger charge is 2.16. The number of nitrogens with one attached hydrogen (secondary N) is 1. The van der Waals surface area contributed by atoms with Crippen molar-refractivity contribution in [1.82, 2.24) is 0 Å². The molecule has 0 saturated carbocycles. The molecule has 0 spiro atoms. The molecule has 1 aromatic carbocycles. The maximum absolute atomic E-state index is 11.6. The molecule has 0 fully saturated rings. The lowest BCUT2D eigenvalue weighted by Gasteiger charge is -2.23. The van der Waals surface area contributed by atoms with Gasteiger partial charge in [0.15, 0.2) is 0 Å². The standard InChI is InChI=1S/C13H17NO2/c1-3-16-13(15)10-4-5-12-11(7-10)6-9(2)8-14-12/h4-5,7,9,14H,3,6,8H2,1-2H3. The van der Waals surface area contributed by atoms with E-state index in [9.17, 15) is 4.79 Å². The fourth-order valence-corrected chi connectivity index (χ4v) is 2.01. The van der Waals surface area contributed by atoms with Gasteiger partial charge < -0.3 is 10.1 Å². The van der Waals surface area contributed by atoms with Gasteiger partial charge in [0.2, 0.25) is 0 Å². The molecule has 0 saturated heterocycles. The predicted molar refractivity (Wildman–Crippen MR) is 63.8 cm³/mol. The van der Waals surface area contributed by atoms with Crippen LogP contribution in [0.25, 0.3) is 0 Å². The summed E-state index contributed by atoms with van der Waals surface area (Å²) in [5.41, 5.74) is 3.01. The fraction of sp³-hybridized carbons (Fsp3) is 0.462. The monoisotopic (exact) mass is 219 g/mol. The van der Waals surface area contributed by atoms with E-state index in [0.29, 0.717) is 18.1 Å². The summed E-state index contributed by atoms with van der Waals surface area (Å²) in [5, 5.41) is 3.36. The van der Waals surface area contributed by atoms with Gasteiger partial charge in [-0.15, -0.1) is 0 Å². The second kappa shape index (κ2) is 4.56. The molecule has 0 bridgehead atoms. The van der Waals surface area contributed by atoms with Crippen molar-refractivity contribution in [3.8, 4) is 0 Å². The molecule has 3 heteroatoms. The van der Waals surface area contributed by atoms with E-state index in [0.717, 1.165) is 18.7 Å². The molecule has 0 aliphatic carbocycles. The first-order valence-corrected chi connectivity index (χ1v) is 5.74. The zero-order chi connectivity index (χ0) is 11.5. The Balaban J connectivity index is 2.24.